The van der Waals surface area contributed by atoms with Crippen molar-refractivity contribution in [1.29, 1.82) is 0 Å². The van der Waals surface area contributed by atoms with Crippen molar-refractivity contribution in [3.05, 3.63) is 49.8 Å². The van der Waals surface area contributed by atoms with Gasteiger partial charge >= 0.3 is 0 Å². The maximum Gasteiger partial charge on any atom is 0.284 e. The summed E-state index contributed by atoms with van der Waals surface area (Å²) in [4.78, 5) is 34.6. The Morgan fingerprint density at radius 3 is 3.13 bits per heavy atom. The van der Waals surface area contributed by atoms with Crippen LogP contribution in [-0.4, -0.2) is 25.5 Å². The van der Waals surface area contributed by atoms with Crippen LogP contribution in [0.5, 0.6) is 5.88 Å². The molecule has 0 aliphatic heterocycles. The third kappa shape index (κ3) is 3.59. The molecule has 1 aliphatic rings. The second-order valence-corrected chi connectivity index (χ2v) is 9.81. The first-order chi connectivity index (χ1) is 14.9. The van der Waals surface area contributed by atoms with Gasteiger partial charge in [0.15, 0.2) is 5.69 Å². The lowest BCUT2D eigenvalue weighted by Crippen LogP contribution is -2.24. The van der Waals surface area contributed by atoms with Crippen molar-refractivity contribution in [3.8, 4) is 5.88 Å². The standard InChI is InChI=1S/C21H18BrN5O3S/c1-10-2-4-12-15(6-10)31-20-17(12)21(30)27(9-23-20)8-16(28)25-26-18-13-7-11(22)3-5-14(13)24-19(18)29/h3,5,7,9-10,24,29H,2,4,6,8H2,1H3. The van der Waals surface area contributed by atoms with Gasteiger partial charge in [0.2, 0.25) is 5.88 Å². The van der Waals surface area contributed by atoms with E-state index in [1.165, 1.54) is 15.8 Å². The molecule has 0 saturated heterocycles. The molecule has 1 amide bonds. The van der Waals surface area contributed by atoms with Crippen LogP contribution in [0.1, 0.15) is 23.8 Å². The van der Waals surface area contributed by atoms with Gasteiger partial charge in [-0.15, -0.1) is 21.6 Å². The van der Waals surface area contributed by atoms with E-state index in [1.54, 1.807) is 23.5 Å². The summed E-state index contributed by atoms with van der Waals surface area (Å²) in [5.41, 5.74) is 1.70. The number of aryl methyl sites for hydroxylation is 1. The number of H-pyrrole nitrogens is 1. The maximum atomic E-state index is 13.0. The van der Waals surface area contributed by atoms with Gasteiger partial charge in [-0.1, -0.05) is 22.9 Å². The average Bonchev–Trinajstić information content (AvgIpc) is 3.25. The third-order valence-corrected chi connectivity index (χ3v) is 7.22. The van der Waals surface area contributed by atoms with Crippen LogP contribution in [0.3, 0.4) is 0 Å². The number of carbonyl (C=O) groups is 1. The maximum absolute atomic E-state index is 13.0. The van der Waals surface area contributed by atoms with E-state index in [-0.39, 0.29) is 23.7 Å². The molecule has 10 heteroatoms. The second kappa shape index (κ2) is 7.69. The molecule has 31 heavy (non-hydrogen) atoms. The molecule has 1 atom stereocenters. The Balaban J connectivity index is 1.43. The predicted octanol–water partition coefficient (Wildman–Crippen LogP) is 4.84. The number of nitrogens with one attached hydrogen (secondary N) is 1. The molecule has 3 heterocycles. The number of fused-ring (bicyclic) bond motifs is 4. The lowest BCUT2D eigenvalue weighted by atomic mass is 9.89. The molecule has 1 unspecified atom stereocenters. The molecule has 1 aromatic carbocycles. The van der Waals surface area contributed by atoms with Crippen LogP contribution in [0.15, 0.2) is 44.0 Å². The number of azo groups is 1. The minimum Gasteiger partial charge on any atom is -0.493 e. The molecule has 8 nitrogen and oxygen atoms in total. The van der Waals surface area contributed by atoms with Crippen molar-refractivity contribution in [2.24, 2.45) is 16.1 Å². The van der Waals surface area contributed by atoms with Gasteiger partial charge in [0.25, 0.3) is 11.5 Å². The summed E-state index contributed by atoms with van der Waals surface area (Å²) >= 11 is 4.95. The minimum atomic E-state index is -0.607. The molecular weight excluding hydrogens is 482 g/mol. The first kappa shape index (κ1) is 20.1. The summed E-state index contributed by atoms with van der Waals surface area (Å²) in [6.07, 6.45) is 4.27. The predicted molar refractivity (Wildman–Crippen MR) is 122 cm³/mol. The Hall–Kier alpha value is -2.85. The van der Waals surface area contributed by atoms with E-state index in [9.17, 15) is 14.7 Å². The van der Waals surface area contributed by atoms with Crippen LogP contribution in [0.2, 0.25) is 0 Å². The number of rotatable bonds is 3. The molecule has 1 aliphatic carbocycles. The van der Waals surface area contributed by atoms with E-state index in [4.69, 9.17) is 0 Å². The van der Waals surface area contributed by atoms with Crippen LogP contribution < -0.4 is 5.56 Å². The number of benzene rings is 1. The Morgan fingerprint density at radius 2 is 2.29 bits per heavy atom. The number of aromatic nitrogens is 3. The number of thiophene rings is 1. The molecule has 2 N–H and O–H groups in total. The van der Waals surface area contributed by atoms with Gasteiger partial charge in [-0.25, -0.2) is 4.98 Å². The first-order valence-electron chi connectivity index (χ1n) is 9.85. The van der Waals surface area contributed by atoms with E-state index >= 15 is 0 Å². The van der Waals surface area contributed by atoms with Crippen LogP contribution >= 0.6 is 27.3 Å². The molecule has 5 rings (SSSR count). The normalized spacial score (nSPS) is 16.4. The van der Waals surface area contributed by atoms with Crippen LogP contribution in [0.4, 0.5) is 5.69 Å². The monoisotopic (exact) mass is 499 g/mol. The number of nitrogens with zero attached hydrogens (tertiary/aromatic N) is 4. The summed E-state index contributed by atoms with van der Waals surface area (Å²) in [5.74, 6) is -0.180. The van der Waals surface area contributed by atoms with Crippen LogP contribution in [0, 0.1) is 5.92 Å². The Labute approximate surface area is 188 Å². The minimum absolute atomic E-state index is 0.173. The molecule has 158 valence electrons. The van der Waals surface area contributed by atoms with E-state index < -0.39 is 5.91 Å². The summed E-state index contributed by atoms with van der Waals surface area (Å²) in [5, 5.41) is 19.0. The van der Waals surface area contributed by atoms with Crippen molar-refractivity contribution in [3.63, 3.8) is 0 Å². The first-order valence-corrected chi connectivity index (χ1v) is 11.5. The van der Waals surface area contributed by atoms with Crippen LogP contribution in [0.25, 0.3) is 21.1 Å². The highest BCUT2D eigenvalue weighted by atomic mass is 79.9. The smallest absolute Gasteiger partial charge is 0.284 e. The highest BCUT2D eigenvalue weighted by Crippen LogP contribution is 2.37. The zero-order valence-corrected chi connectivity index (χ0v) is 19.0. The molecule has 4 aromatic rings. The molecule has 0 radical (unpaired) electrons. The topological polar surface area (TPSA) is 113 Å². The van der Waals surface area contributed by atoms with Gasteiger partial charge in [0.05, 0.1) is 17.2 Å². The molecule has 0 saturated carbocycles. The highest BCUT2D eigenvalue weighted by molar-refractivity contribution is 9.10. The molecule has 0 fully saturated rings. The zero-order chi connectivity index (χ0) is 21.7. The van der Waals surface area contributed by atoms with Gasteiger partial charge in [0.1, 0.15) is 11.4 Å². The summed E-state index contributed by atoms with van der Waals surface area (Å²) in [7, 11) is 0. The van der Waals surface area contributed by atoms with Crippen molar-refractivity contribution in [1.82, 2.24) is 14.5 Å². The fourth-order valence-corrected chi connectivity index (χ4v) is 5.70. The quantitative estimate of drug-likeness (QED) is 0.392. The second-order valence-electron chi connectivity index (χ2n) is 7.82. The Kier molecular flexibility index (Phi) is 4.98. The fourth-order valence-electron chi connectivity index (χ4n) is 4.00. The third-order valence-electron chi connectivity index (χ3n) is 5.56. The van der Waals surface area contributed by atoms with E-state index in [0.717, 1.165) is 34.1 Å². The van der Waals surface area contributed by atoms with E-state index in [0.29, 0.717) is 22.2 Å². The summed E-state index contributed by atoms with van der Waals surface area (Å²) in [6, 6.07) is 5.37. The molecular formula is C21H18BrN5O3S. The lowest BCUT2D eigenvalue weighted by molar-refractivity contribution is -0.118. The van der Waals surface area contributed by atoms with Crippen LogP contribution in [-0.2, 0) is 24.2 Å². The average molecular weight is 500 g/mol. The largest absolute Gasteiger partial charge is 0.493 e. The van der Waals surface area contributed by atoms with Crippen molar-refractivity contribution >= 4 is 60.0 Å². The van der Waals surface area contributed by atoms with Gasteiger partial charge in [-0.05, 0) is 48.9 Å². The number of hydrogen-bond acceptors (Lipinski definition) is 6. The Bertz CT molecular complexity index is 1430. The summed E-state index contributed by atoms with van der Waals surface area (Å²) < 4.78 is 2.08. The number of aromatic amines is 1. The zero-order valence-electron chi connectivity index (χ0n) is 16.6. The molecule has 0 bridgehead atoms. The lowest BCUT2D eigenvalue weighted by Gasteiger charge is -2.17. The highest BCUT2D eigenvalue weighted by Gasteiger charge is 2.23. The number of amides is 1. The van der Waals surface area contributed by atoms with Crippen molar-refractivity contribution in [2.45, 2.75) is 32.7 Å². The van der Waals surface area contributed by atoms with Gasteiger partial charge in [-0.2, -0.15) is 0 Å². The Morgan fingerprint density at radius 1 is 1.45 bits per heavy atom. The molecule has 3 aromatic heterocycles. The van der Waals surface area contributed by atoms with Gasteiger partial charge < -0.3 is 10.1 Å². The van der Waals surface area contributed by atoms with Gasteiger partial charge in [-0.3, -0.25) is 14.2 Å². The number of carbonyl (C=O) groups excluding carboxylic acids is 1. The number of aromatic hydroxyl groups is 1. The van der Waals surface area contributed by atoms with Gasteiger partial charge in [0, 0.05) is 14.7 Å². The SMILES string of the molecule is CC1CCc2c(sc3ncn(CC(=O)N=Nc4c(O)[nH]c5ccc(Br)cc45)c(=O)c23)C1. The number of halogens is 1. The number of hydrogen-bond donors (Lipinski definition) is 2. The summed E-state index contributed by atoms with van der Waals surface area (Å²) in [6.45, 7) is 1.95. The van der Waals surface area contributed by atoms with Crippen molar-refractivity contribution in [2.75, 3.05) is 0 Å². The van der Waals surface area contributed by atoms with E-state index in [1.807, 2.05) is 6.07 Å². The molecule has 0 spiro atoms. The van der Waals surface area contributed by atoms with Crippen molar-refractivity contribution < 1.29 is 9.90 Å². The van der Waals surface area contributed by atoms with E-state index in [2.05, 4.69) is 43.1 Å². The fraction of sp³-hybridized carbons (Fsp3) is 0.286.